The zero-order chi connectivity index (χ0) is 18.9. The number of hydrogen-bond donors (Lipinski definition) is 0. The van der Waals surface area contributed by atoms with Gasteiger partial charge in [0.25, 0.3) is 0 Å². The van der Waals surface area contributed by atoms with Gasteiger partial charge in [-0.05, 0) is 6.92 Å². The van der Waals surface area contributed by atoms with E-state index in [4.69, 9.17) is 11.6 Å². The maximum atomic E-state index is 12.6. The van der Waals surface area contributed by atoms with Gasteiger partial charge in [0.1, 0.15) is 4.90 Å². The molecule has 1 saturated heterocycles. The number of rotatable bonds is 5. The van der Waals surface area contributed by atoms with Crippen molar-refractivity contribution in [3.8, 4) is 0 Å². The van der Waals surface area contributed by atoms with E-state index in [9.17, 15) is 13.2 Å². The molecule has 3 rings (SSSR count). The van der Waals surface area contributed by atoms with Gasteiger partial charge in [0.15, 0.2) is 0 Å². The van der Waals surface area contributed by atoms with E-state index in [0.717, 1.165) is 5.69 Å². The molecule has 1 aliphatic rings. The molecule has 0 radical (unpaired) electrons. The number of carbonyl (C=O) groups is 1. The van der Waals surface area contributed by atoms with Crippen LogP contribution in [0.3, 0.4) is 0 Å². The van der Waals surface area contributed by atoms with Crippen LogP contribution in [0.1, 0.15) is 12.1 Å². The summed E-state index contributed by atoms with van der Waals surface area (Å²) in [6, 6.07) is 0. The molecule has 9 nitrogen and oxygen atoms in total. The topological polar surface area (TPSA) is 93.3 Å². The third-order valence-electron chi connectivity index (χ3n) is 4.49. The second-order valence-corrected chi connectivity index (χ2v) is 8.53. The molecule has 1 aliphatic heterocycles. The molecule has 2 aromatic heterocycles. The maximum absolute atomic E-state index is 12.6. The molecule has 2 aromatic rings. The van der Waals surface area contributed by atoms with Crippen molar-refractivity contribution >= 4 is 27.5 Å². The molecule has 0 unspecified atom stereocenters. The normalized spacial score (nSPS) is 16.2. The molecule has 26 heavy (non-hydrogen) atoms. The Labute approximate surface area is 157 Å². The van der Waals surface area contributed by atoms with Crippen LogP contribution in [0.25, 0.3) is 0 Å². The molecule has 0 N–H and O–H groups in total. The van der Waals surface area contributed by atoms with Crippen LogP contribution in [-0.2, 0) is 28.4 Å². The Kier molecular flexibility index (Phi) is 5.35. The lowest BCUT2D eigenvalue weighted by Gasteiger charge is -2.33. The highest BCUT2D eigenvalue weighted by Gasteiger charge is 2.30. The summed E-state index contributed by atoms with van der Waals surface area (Å²) in [6.07, 6.45) is 4.67. The third kappa shape index (κ3) is 3.76. The van der Waals surface area contributed by atoms with Crippen molar-refractivity contribution in [1.29, 1.82) is 0 Å². The molecule has 0 spiro atoms. The van der Waals surface area contributed by atoms with Crippen LogP contribution in [0.5, 0.6) is 0 Å². The number of sulfonamides is 1. The smallest absolute Gasteiger partial charge is 0.246 e. The van der Waals surface area contributed by atoms with Gasteiger partial charge >= 0.3 is 0 Å². The first-order valence-corrected chi connectivity index (χ1v) is 10.1. The second kappa shape index (κ2) is 7.37. The molecular weight excluding hydrogens is 380 g/mol. The van der Waals surface area contributed by atoms with Gasteiger partial charge in [-0.2, -0.15) is 14.5 Å². The van der Waals surface area contributed by atoms with E-state index in [1.165, 1.54) is 21.4 Å². The molecule has 0 bridgehead atoms. The van der Waals surface area contributed by atoms with Gasteiger partial charge in [0.2, 0.25) is 15.9 Å². The lowest BCUT2D eigenvalue weighted by atomic mass is 10.3. The van der Waals surface area contributed by atoms with E-state index in [1.54, 1.807) is 22.8 Å². The van der Waals surface area contributed by atoms with Crippen molar-refractivity contribution in [3.05, 3.63) is 29.3 Å². The van der Waals surface area contributed by atoms with Crippen molar-refractivity contribution in [2.75, 3.05) is 26.2 Å². The van der Waals surface area contributed by atoms with Crippen LogP contribution in [0.2, 0.25) is 5.02 Å². The molecular formula is C15H21ClN6O3S. The minimum absolute atomic E-state index is 0.0190. The zero-order valence-corrected chi connectivity index (χ0v) is 16.2. The predicted octanol–water partition coefficient (Wildman–Crippen LogP) is 0.502. The van der Waals surface area contributed by atoms with Crippen molar-refractivity contribution < 1.29 is 13.2 Å². The van der Waals surface area contributed by atoms with Crippen LogP contribution in [-0.4, -0.2) is 69.3 Å². The summed E-state index contributed by atoms with van der Waals surface area (Å²) < 4.78 is 29.7. The molecule has 0 saturated carbocycles. The number of nitrogens with zero attached hydrogens (tertiary/aromatic N) is 6. The van der Waals surface area contributed by atoms with Crippen molar-refractivity contribution in [2.24, 2.45) is 7.05 Å². The standard InChI is InChI=1S/C15H21ClN6O3S/c1-12-14(16)10-18-22(12)4-3-15(23)20-5-7-21(8-6-20)26(24,25)13-9-17-19(2)11-13/h9-11H,3-8H2,1-2H3. The van der Waals surface area contributed by atoms with Gasteiger partial charge in [-0.3, -0.25) is 14.2 Å². The Morgan fingerprint density at radius 2 is 1.88 bits per heavy atom. The molecule has 0 aromatic carbocycles. The van der Waals surface area contributed by atoms with Gasteiger partial charge in [-0.15, -0.1) is 0 Å². The summed E-state index contributed by atoms with van der Waals surface area (Å²) in [5, 5.41) is 8.62. The Morgan fingerprint density at radius 1 is 1.19 bits per heavy atom. The van der Waals surface area contributed by atoms with Gasteiger partial charge < -0.3 is 4.90 Å². The summed E-state index contributed by atoms with van der Waals surface area (Å²) in [7, 11) is -1.89. The van der Waals surface area contributed by atoms with Crippen LogP contribution in [0.15, 0.2) is 23.5 Å². The lowest BCUT2D eigenvalue weighted by Crippen LogP contribution is -2.50. The first-order valence-electron chi connectivity index (χ1n) is 8.23. The zero-order valence-electron chi connectivity index (χ0n) is 14.7. The Bertz CT molecular complexity index is 898. The number of aryl methyl sites for hydroxylation is 2. The van der Waals surface area contributed by atoms with E-state index in [0.29, 0.717) is 31.1 Å². The fourth-order valence-corrected chi connectivity index (χ4v) is 4.42. The third-order valence-corrected chi connectivity index (χ3v) is 6.71. The summed E-state index contributed by atoms with van der Waals surface area (Å²) in [5.74, 6) is -0.0190. The highest BCUT2D eigenvalue weighted by Crippen LogP contribution is 2.18. The highest BCUT2D eigenvalue weighted by atomic mass is 35.5. The fourth-order valence-electron chi connectivity index (χ4n) is 2.87. The summed E-state index contributed by atoms with van der Waals surface area (Å²) in [4.78, 5) is 14.3. The quantitative estimate of drug-likeness (QED) is 0.728. The number of hydrogen-bond acceptors (Lipinski definition) is 5. The van der Waals surface area contributed by atoms with E-state index in [2.05, 4.69) is 10.2 Å². The van der Waals surface area contributed by atoms with Crippen LogP contribution < -0.4 is 0 Å². The van der Waals surface area contributed by atoms with Crippen LogP contribution >= 0.6 is 11.6 Å². The van der Waals surface area contributed by atoms with Crippen molar-refractivity contribution in [3.63, 3.8) is 0 Å². The molecule has 3 heterocycles. The molecule has 0 atom stereocenters. The summed E-state index contributed by atoms with van der Waals surface area (Å²) in [5.41, 5.74) is 0.826. The molecule has 11 heteroatoms. The van der Waals surface area contributed by atoms with Crippen molar-refractivity contribution in [2.45, 2.75) is 24.8 Å². The first-order chi connectivity index (χ1) is 12.3. The van der Waals surface area contributed by atoms with E-state index in [-0.39, 0.29) is 23.9 Å². The Morgan fingerprint density at radius 3 is 2.42 bits per heavy atom. The highest BCUT2D eigenvalue weighted by molar-refractivity contribution is 7.89. The van der Waals surface area contributed by atoms with Crippen molar-refractivity contribution in [1.82, 2.24) is 28.8 Å². The van der Waals surface area contributed by atoms with Gasteiger partial charge in [-0.1, -0.05) is 11.6 Å². The molecule has 0 aliphatic carbocycles. The average molecular weight is 401 g/mol. The van der Waals surface area contributed by atoms with E-state index < -0.39 is 10.0 Å². The summed E-state index contributed by atoms with van der Waals surface area (Å²) in [6.45, 7) is 3.59. The Balaban J connectivity index is 1.54. The van der Waals surface area contributed by atoms with Crippen LogP contribution in [0, 0.1) is 6.92 Å². The number of aromatic nitrogens is 4. The lowest BCUT2D eigenvalue weighted by molar-refractivity contribution is -0.132. The number of carbonyl (C=O) groups excluding carboxylic acids is 1. The minimum Gasteiger partial charge on any atom is -0.340 e. The van der Waals surface area contributed by atoms with E-state index in [1.807, 2.05) is 6.92 Å². The minimum atomic E-state index is -3.57. The first kappa shape index (κ1) is 18.9. The van der Waals surface area contributed by atoms with Gasteiger partial charge in [0.05, 0.1) is 29.7 Å². The SMILES string of the molecule is Cc1c(Cl)cnn1CCC(=O)N1CCN(S(=O)(=O)c2cnn(C)c2)CC1. The number of halogens is 1. The molecule has 142 valence electrons. The molecule has 1 amide bonds. The fraction of sp³-hybridized carbons (Fsp3) is 0.533. The predicted molar refractivity (Wildman–Crippen MR) is 95.1 cm³/mol. The number of piperazine rings is 1. The Hall–Kier alpha value is -1.91. The maximum Gasteiger partial charge on any atom is 0.246 e. The van der Waals surface area contributed by atoms with Gasteiger partial charge in [-0.25, -0.2) is 8.42 Å². The monoisotopic (exact) mass is 400 g/mol. The van der Waals surface area contributed by atoms with E-state index >= 15 is 0 Å². The number of amides is 1. The average Bonchev–Trinajstić information content (AvgIpc) is 3.20. The largest absolute Gasteiger partial charge is 0.340 e. The second-order valence-electron chi connectivity index (χ2n) is 6.19. The van der Waals surface area contributed by atoms with Crippen LogP contribution in [0.4, 0.5) is 0 Å². The molecule has 1 fully saturated rings. The van der Waals surface area contributed by atoms with Gasteiger partial charge in [0, 0.05) is 45.8 Å². The summed E-state index contributed by atoms with van der Waals surface area (Å²) >= 11 is 5.96.